The third-order valence-electron chi connectivity index (χ3n) is 7.69. The Bertz CT molecular complexity index is 1600. The third-order valence-corrected chi connectivity index (χ3v) is 8.43. The highest BCUT2D eigenvalue weighted by atomic mass is 35.5. The molecule has 0 atom stereocenters. The number of aliphatic imine (C=N–C) groups is 1. The number of ether oxygens (including phenoxy) is 7. The van der Waals surface area contributed by atoms with E-state index in [0.29, 0.717) is 81.6 Å². The molecular weight excluding hydrogens is 739 g/mol. The van der Waals surface area contributed by atoms with E-state index in [9.17, 15) is 9.59 Å². The fourth-order valence-corrected chi connectivity index (χ4v) is 5.22. The first kappa shape index (κ1) is 44.3. The second-order valence-corrected chi connectivity index (χ2v) is 12.6. The summed E-state index contributed by atoms with van der Waals surface area (Å²) in [6.45, 7) is 3.67. The van der Waals surface area contributed by atoms with Crippen molar-refractivity contribution in [2.45, 2.75) is 32.1 Å². The van der Waals surface area contributed by atoms with Crippen molar-refractivity contribution in [3.05, 3.63) is 81.8 Å². The molecule has 3 aromatic rings. The number of anilines is 1. The fraction of sp³-hybridized carbons (Fsp3) is 0.462. The summed E-state index contributed by atoms with van der Waals surface area (Å²) in [6, 6.07) is 19.0. The molecule has 3 rings (SSSR count). The first-order valence-electron chi connectivity index (χ1n) is 17.8. The van der Waals surface area contributed by atoms with Crippen molar-refractivity contribution in [1.29, 1.82) is 0 Å². The average molecular weight is 792 g/mol. The van der Waals surface area contributed by atoms with Crippen LogP contribution in [0.4, 0.5) is 5.69 Å². The lowest BCUT2D eigenvalue weighted by Crippen LogP contribution is -2.31. The summed E-state index contributed by atoms with van der Waals surface area (Å²) in [7, 11) is 3.26. The van der Waals surface area contributed by atoms with Gasteiger partial charge in [0.1, 0.15) is 11.6 Å². The highest BCUT2D eigenvalue weighted by molar-refractivity contribution is 6.42. The predicted molar refractivity (Wildman–Crippen MR) is 211 cm³/mol. The van der Waals surface area contributed by atoms with Crippen LogP contribution in [-0.2, 0) is 41.4 Å². The highest BCUT2D eigenvalue weighted by Gasteiger charge is 2.07. The molecule has 0 saturated heterocycles. The molecule has 0 radical (unpaired) electrons. The minimum Gasteiger partial charge on any atom is -0.493 e. The van der Waals surface area contributed by atoms with Gasteiger partial charge in [0.25, 0.3) is 5.91 Å². The number of carbonyl (C=O) groups excluding carboxylic acids is 2. The maximum atomic E-state index is 12.2. The molecule has 13 nitrogen and oxygen atoms in total. The molecule has 0 spiro atoms. The number of benzene rings is 3. The molecule has 0 heterocycles. The monoisotopic (exact) mass is 790 g/mol. The van der Waals surface area contributed by atoms with Gasteiger partial charge in [-0.2, -0.15) is 0 Å². The smallest absolute Gasteiger partial charge is 0.258 e. The Balaban J connectivity index is 1.09. The van der Waals surface area contributed by atoms with Gasteiger partial charge in [0.2, 0.25) is 5.91 Å². The van der Waals surface area contributed by atoms with Gasteiger partial charge in [-0.1, -0.05) is 41.4 Å². The normalized spacial score (nSPS) is 11.3. The van der Waals surface area contributed by atoms with Crippen LogP contribution < -0.4 is 30.6 Å². The number of rotatable bonds is 28. The Morgan fingerprint density at radius 3 is 2.06 bits per heavy atom. The fourth-order valence-electron chi connectivity index (χ4n) is 4.92. The van der Waals surface area contributed by atoms with Crippen LogP contribution in [0, 0.1) is 0 Å². The van der Waals surface area contributed by atoms with Gasteiger partial charge in [0, 0.05) is 25.2 Å². The summed E-state index contributed by atoms with van der Waals surface area (Å²) >= 11 is 11.9. The van der Waals surface area contributed by atoms with Crippen LogP contribution in [0.3, 0.4) is 0 Å². The molecule has 0 bridgehead atoms. The number of amides is 2. The maximum Gasteiger partial charge on any atom is 0.258 e. The van der Waals surface area contributed by atoms with Gasteiger partial charge < -0.3 is 49.5 Å². The average Bonchev–Trinajstić information content (AvgIpc) is 3.17. The first-order valence-corrected chi connectivity index (χ1v) is 18.6. The molecular formula is C39H52Cl2N4O9. The van der Waals surface area contributed by atoms with Gasteiger partial charge in [-0.3, -0.25) is 9.59 Å². The Kier molecular flexibility index (Phi) is 21.8. The predicted octanol–water partition coefficient (Wildman–Crippen LogP) is 5.52. The zero-order valence-electron chi connectivity index (χ0n) is 31.0. The number of hydrogen-bond acceptors (Lipinski definition) is 10. The summed E-state index contributed by atoms with van der Waals surface area (Å²) in [4.78, 5) is 28.1. The maximum absolute atomic E-state index is 12.2. The molecule has 4 N–H and O–H groups in total. The van der Waals surface area contributed by atoms with Crippen LogP contribution >= 0.6 is 23.2 Å². The van der Waals surface area contributed by atoms with Crippen LogP contribution in [0.2, 0.25) is 10.0 Å². The second kappa shape index (κ2) is 26.6. The number of carbonyl (C=O) groups is 2. The van der Waals surface area contributed by atoms with E-state index < -0.39 is 0 Å². The molecule has 15 heteroatoms. The van der Waals surface area contributed by atoms with Crippen LogP contribution in [-0.4, -0.2) is 104 Å². The Morgan fingerprint density at radius 2 is 1.37 bits per heavy atom. The Labute approximate surface area is 327 Å². The molecule has 54 heavy (non-hydrogen) atoms. The molecule has 0 fully saturated rings. The zero-order chi connectivity index (χ0) is 38.8. The molecule has 296 valence electrons. The van der Waals surface area contributed by atoms with Gasteiger partial charge in [-0.25, -0.2) is 4.99 Å². The molecule has 3 aromatic carbocycles. The standard InChI is InChI=1S/C39H52Cl2N4O9/c1-48-35-12-9-30(26-36(35)49-2)6-3-5-29-7-4-8-32(25-29)54-28-39(47)44-16-18-51-20-22-53-24-23-52-21-19-50-17-14-38(46)45-37(42)13-15-43-31-10-11-33(40)34(41)27-31/h4,7-12,25-27,43H,3,5-6,13-24,28H2,1-2H3,(H,44,47)(H2,42,45,46). The van der Waals surface area contributed by atoms with E-state index in [1.54, 1.807) is 32.4 Å². The largest absolute Gasteiger partial charge is 0.493 e. The summed E-state index contributed by atoms with van der Waals surface area (Å²) in [5, 5.41) is 6.86. The molecule has 0 aromatic heterocycles. The van der Waals surface area contributed by atoms with Crippen LogP contribution in [0.15, 0.2) is 65.7 Å². The van der Waals surface area contributed by atoms with Crippen molar-refractivity contribution in [3.8, 4) is 17.2 Å². The van der Waals surface area contributed by atoms with E-state index in [1.165, 1.54) is 5.56 Å². The summed E-state index contributed by atoms with van der Waals surface area (Å²) in [5.74, 6) is 1.77. The Morgan fingerprint density at radius 1 is 0.704 bits per heavy atom. The van der Waals surface area contributed by atoms with Crippen molar-refractivity contribution < 1.29 is 42.7 Å². The number of nitrogens with two attached hydrogens (primary N) is 1. The summed E-state index contributed by atoms with van der Waals surface area (Å²) in [5.41, 5.74) is 8.97. The summed E-state index contributed by atoms with van der Waals surface area (Å²) < 4.78 is 38.3. The van der Waals surface area contributed by atoms with Crippen molar-refractivity contribution in [1.82, 2.24) is 5.32 Å². The van der Waals surface area contributed by atoms with E-state index in [4.69, 9.17) is 62.1 Å². The highest BCUT2D eigenvalue weighted by Crippen LogP contribution is 2.28. The van der Waals surface area contributed by atoms with E-state index >= 15 is 0 Å². The van der Waals surface area contributed by atoms with E-state index in [1.807, 2.05) is 36.4 Å². The molecule has 0 saturated carbocycles. The lowest BCUT2D eigenvalue weighted by molar-refractivity contribution is -0.123. The van der Waals surface area contributed by atoms with Gasteiger partial charge in [-0.05, 0) is 72.9 Å². The zero-order valence-corrected chi connectivity index (χ0v) is 32.6. The van der Waals surface area contributed by atoms with Crippen LogP contribution in [0.25, 0.3) is 0 Å². The lowest BCUT2D eigenvalue weighted by atomic mass is 10.0. The van der Waals surface area contributed by atoms with Crippen molar-refractivity contribution in [2.75, 3.05) is 92.1 Å². The van der Waals surface area contributed by atoms with Crippen LogP contribution in [0.1, 0.15) is 30.4 Å². The minimum atomic E-state index is -0.345. The Hall–Kier alpha value is -4.11. The number of aryl methyl sites for hydroxylation is 2. The van der Waals surface area contributed by atoms with E-state index in [2.05, 4.69) is 21.7 Å². The van der Waals surface area contributed by atoms with E-state index in [-0.39, 0.29) is 37.3 Å². The van der Waals surface area contributed by atoms with E-state index in [0.717, 1.165) is 42.0 Å². The summed E-state index contributed by atoms with van der Waals surface area (Å²) in [6.07, 6.45) is 3.26. The van der Waals surface area contributed by atoms with Gasteiger partial charge in [-0.15, -0.1) is 0 Å². The second-order valence-electron chi connectivity index (χ2n) is 11.8. The number of hydrogen-bond donors (Lipinski definition) is 3. The first-order chi connectivity index (χ1) is 26.3. The van der Waals surface area contributed by atoms with Gasteiger partial charge in [0.05, 0.1) is 83.5 Å². The third kappa shape index (κ3) is 18.8. The van der Waals surface area contributed by atoms with Gasteiger partial charge in [0.15, 0.2) is 18.1 Å². The molecule has 2 amide bonds. The quantitative estimate of drug-likeness (QED) is 0.0483. The molecule has 0 aliphatic heterocycles. The lowest BCUT2D eigenvalue weighted by Gasteiger charge is -2.11. The molecule has 0 aliphatic rings. The van der Waals surface area contributed by atoms with Crippen molar-refractivity contribution in [2.24, 2.45) is 10.7 Å². The number of nitrogens with zero attached hydrogens (tertiary/aromatic N) is 1. The number of halogens is 2. The minimum absolute atomic E-state index is 0.0763. The van der Waals surface area contributed by atoms with Gasteiger partial charge >= 0.3 is 0 Å². The number of amidine groups is 1. The number of nitrogens with one attached hydrogen (secondary N) is 2. The SMILES string of the molecule is COc1ccc(CCCc2cccc(OCC(=O)NCCOCCOCCOCCOCCC(=O)N=C(N)CCNc3ccc(Cl)c(Cl)c3)c2)cc1OC. The van der Waals surface area contributed by atoms with Crippen LogP contribution in [0.5, 0.6) is 17.2 Å². The van der Waals surface area contributed by atoms with Crippen molar-refractivity contribution in [3.63, 3.8) is 0 Å². The molecule has 0 aliphatic carbocycles. The number of methoxy groups -OCH3 is 2. The topological polar surface area (TPSA) is 161 Å². The van der Waals surface area contributed by atoms with Crippen molar-refractivity contribution >= 4 is 46.5 Å². The molecule has 0 unspecified atom stereocenters.